The van der Waals surface area contributed by atoms with Crippen LogP contribution in [0.5, 0.6) is 0 Å². The fourth-order valence-electron chi connectivity index (χ4n) is 10.9. The Morgan fingerprint density at radius 1 is 0.468 bits per heavy atom. The number of alkyl halides is 9. The lowest BCUT2D eigenvalue weighted by Gasteiger charge is -2.33. The number of nitrogens with two attached hydrogens (primary N) is 1. The number of Topliss-reactive ketones (excluding diaryl/α,β-unsaturated/α-hetero) is 1. The minimum absolute atomic E-state index is 0. The van der Waals surface area contributed by atoms with Gasteiger partial charge < -0.3 is 66.3 Å². The summed E-state index contributed by atoms with van der Waals surface area (Å²) in [5, 5.41) is 38.8. The van der Waals surface area contributed by atoms with E-state index in [-0.39, 0.29) is 78.9 Å². The average Bonchev–Trinajstić information content (AvgIpc) is 1.55. The predicted octanol–water partition coefficient (Wildman–Crippen LogP) is 5.86. The molecule has 5 rings (SSSR count). The van der Waals surface area contributed by atoms with Gasteiger partial charge in [-0.25, -0.2) is 0 Å². The molecule has 0 spiro atoms. The molecule has 0 bridgehead atoms. The second kappa shape index (κ2) is 34.9. The van der Waals surface area contributed by atoms with Crippen LogP contribution in [0.25, 0.3) is 0 Å². The summed E-state index contributed by atoms with van der Waals surface area (Å²) < 4.78 is 127. The third-order valence-corrected chi connectivity index (χ3v) is 16.4. The average molecular weight is 1380 g/mol. The van der Waals surface area contributed by atoms with E-state index in [2.05, 4.69) is 36.9 Å². The maximum atomic E-state index is 13.4. The van der Waals surface area contributed by atoms with Crippen LogP contribution < -0.4 is 32.3 Å². The number of halogens is 10. The first-order chi connectivity index (χ1) is 42.7. The van der Waals surface area contributed by atoms with E-state index < -0.39 is 150 Å². The van der Waals surface area contributed by atoms with Gasteiger partial charge in [0.1, 0.15) is 52.9 Å². The number of amides is 8. The van der Waals surface area contributed by atoms with Gasteiger partial charge in [-0.3, -0.25) is 43.2 Å². The van der Waals surface area contributed by atoms with Crippen molar-refractivity contribution in [3.8, 4) is 0 Å². The number of aromatic nitrogens is 2. The Bertz CT molecular complexity index is 2880. The highest BCUT2D eigenvalue weighted by Gasteiger charge is 2.50. The van der Waals surface area contributed by atoms with Crippen molar-refractivity contribution >= 4 is 65.4 Å². The second-order valence-corrected chi connectivity index (χ2v) is 25.7. The number of nitrogens with zero attached hydrogens (tertiary/aromatic N) is 5. The lowest BCUT2D eigenvalue weighted by Crippen LogP contribution is -2.59. The van der Waals surface area contributed by atoms with Crippen molar-refractivity contribution in [1.82, 2.24) is 51.6 Å². The van der Waals surface area contributed by atoms with Crippen LogP contribution in [0.2, 0.25) is 0 Å². The fourth-order valence-corrected chi connectivity index (χ4v) is 10.9. The molecule has 3 aliphatic heterocycles. The van der Waals surface area contributed by atoms with E-state index in [4.69, 9.17) is 14.8 Å². The number of nitrogens with one attached hydrogen (secondary N) is 5. The van der Waals surface area contributed by atoms with Crippen LogP contribution in [0.3, 0.4) is 0 Å². The van der Waals surface area contributed by atoms with Crippen LogP contribution in [-0.2, 0) is 33.6 Å². The van der Waals surface area contributed by atoms with Crippen molar-refractivity contribution in [2.24, 2.45) is 41.2 Å². The molecule has 3 aliphatic rings. The molecule has 2 aromatic heterocycles. The highest BCUT2D eigenvalue weighted by molar-refractivity contribution is 6.01. The molecule has 0 radical (unpaired) electrons. The number of aliphatic hydroxyl groups excluding tert-OH is 2. The number of aliphatic hydroxyl groups is 2. The third kappa shape index (κ3) is 21.7. The predicted molar refractivity (Wildman–Crippen MR) is 324 cm³/mol. The van der Waals surface area contributed by atoms with Crippen molar-refractivity contribution in [2.75, 3.05) is 19.6 Å². The number of hydrogen-bond donors (Lipinski definition) is 8. The Hall–Kier alpha value is -6.61. The van der Waals surface area contributed by atoms with Crippen LogP contribution >= 0.6 is 12.4 Å². The van der Waals surface area contributed by atoms with Crippen molar-refractivity contribution in [3.63, 3.8) is 0 Å². The Morgan fingerprint density at radius 2 is 0.766 bits per heavy atom. The first-order valence-electron chi connectivity index (χ1n) is 30.9. The maximum Gasteiger partial charge on any atom is 0.452 e. The van der Waals surface area contributed by atoms with Gasteiger partial charge in [0, 0.05) is 19.6 Å². The molecule has 5 heterocycles. The summed E-state index contributed by atoms with van der Waals surface area (Å²) in [6.07, 6.45) is -17.9. The summed E-state index contributed by atoms with van der Waals surface area (Å²) in [6.45, 7) is 26.2. The number of carbonyl (C=O) groups is 9. The summed E-state index contributed by atoms with van der Waals surface area (Å²) in [4.78, 5) is 119. The maximum absolute atomic E-state index is 13.4. The zero-order valence-electron chi connectivity index (χ0n) is 55.7. The minimum atomic E-state index is -5.10. The van der Waals surface area contributed by atoms with Gasteiger partial charge >= 0.3 is 18.5 Å². The quantitative estimate of drug-likeness (QED) is 0.0640. The monoisotopic (exact) mass is 1380 g/mol. The molecule has 8 amide bonds. The van der Waals surface area contributed by atoms with Gasteiger partial charge in [0.25, 0.3) is 17.6 Å². The number of ketones is 1. The van der Waals surface area contributed by atoms with E-state index in [1.165, 1.54) is 56.2 Å². The molecule has 34 heteroatoms. The Balaban J connectivity index is 0.000000484. The molecular weight excluding hydrogens is 1290 g/mol. The standard InChI is InChI=1S/C22H33F3N4O5.C22H31F3N4O5.C16H28F3N3O3.ClH/c2*1-10(2)16(18(30)22(23,24)25)26-19(31)14-8-7-9-29(14)21(33)17(11(3)4)27-20(32)15-12(5)28-34-13(15)6;1-8(2)11(20)15(25)22-7-5-6-10(22)14(24)21-12(9(3)4)13(23)16(17,18)19;/h10-11,14,16-18,30H,7-9H2,1-6H3,(H,26,31)(H,27,32);10-11,14,16-17H,7-9H2,1-6H3,(H,26,31)(H,27,32);8-13,23H,5-7,20H2,1-4H3,(H,21,24);1H/t14-,16-,17-,18-;14-,16-,17-;10-,11-,12-,13-;/m000./s1. The second-order valence-electron chi connectivity index (χ2n) is 25.7. The van der Waals surface area contributed by atoms with Gasteiger partial charge in [0.15, 0.2) is 12.2 Å². The van der Waals surface area contributed by atoms with Crippen molar-refractivity contribution in [2.45, 2.75) is 234 Å². The number of rotatable bonds is 22. The zero-order chi connectivity index (χ0) is 71.4. The van der Waals surface area contributed by atoms with Crippen LogP contribution in [0.15, 0.2) is 9.05 Å². The van der Waals surface area contributed by atoms with Gasteiger partial charge in [-0.1, -0.05) is 93.4 Å². The summed E-state index contributed by atoms with van der Waals surface area (Å²) in [5.74, 6) is -9.22. The van der Waals surface area contributed by atoms with E-state index in [1.54, 1.807) is 69.2 Å². The molecule has 9 N–H and O–H groups in total. The van der Waals surface area contributed by atoms with Gasteiger partial charge in [-0.2, -0.15) is 39.5 Å². The molecule has 0 unspecified atom stereocenters. The molecule has 94 heavy (non-hydrogen) atoms. The highest BCUT2D eigenvalue weighted by atomic mass is 35.5. The van der Waals surface area contributed by atoms with Crippen molar-refractivity contribution in [3.05, 3.63) is 34.0 Å². The summed E-state index contributed by atoms with van der Waals surface area (Å²) >= 11 is 0. The molecule has 536 valence electrons. The zero-order valence-corrected chi connectivity index (χ0v) is 56.5. The molecular formula is C60H93ClF9N11O13. The molecule has 0 saturated carbocycles. The van der Waals surface area contributed by atoms with Crippen molar-refractivity contribution < 1.29 is 102 Å². The first kappa shape index (κ1) is 83.5. The molecule has 24 nitrogen and oxygen atoms in total. The Kier molecular flexibility index (Phi) is 31.0. The minimum Gasteiger partial charge on any atom is -0.382 e. The lowest BCUT2D eigenvalue weighted by atomic mass is 9.97. The SMILES string of the molecule is CC(C)[C@H](N)C(=O)N1CCC[C@H]1C(=O)N[C@@H](C(C)C)[C@H](O)C(F)(F)F.Cc1noc(C)c1C(=O)N[C@H](C(=O)N1CCC[C@H]1C(=O)N[C@@H](C(C)C)[C@H](O)C(F)(F)F)C(C)C.Cc1noc(C)c1C(=O)N[C@H](C(=O)N1CCC[C@H]1C(=O)N[C@H](C(=O)C(F)(F)F)C(C)C)C(C)C.Cl. The van der Waals surface area contributed by atoms with Crippen molar-refractivity contribution in [1.29, 1.82) is 0 Å². The number of hydrogen-bond acceptors (Lipinski definition) is 16. The molecule has 0 aromatic carbocycles. The molecule has 3 saturated heterocycles. The highest BCUT2D eigenvalue weighted by Crippen LogP contribution is 2.30. The topological polar surface area (TPSA) is 342 Å². The van der Waals surface area contributed by atoms with E-state index in [1.807, 2.05) is 0 Å². The summed E-state index contributed by atoms with van der Waals surface area (Å²) in [7, 11) is 0. The van der Waals surface area contributed by atoms with Gasteiger partial charge in [-0.15, -0.1) is 12.4 Å². The van der Waals surface area contributed by atoms with Gasteiger partial charge in [0.2, 0.25) is 35.4 Å². The van der Waals surface area contributed by atoms with E-state index >= 15 is 0 Å². The molecule has 3 fully saturated rings. The molecule has 2 aromatic rings. The summed E-state index contributed by atoms with van der Waals surface area (Å²) in [6, 6.07) is -10.5. The first-order valence-corrected chi connectivity index (χ1v) is 30.9. The smallest absolute Gasteiger partial charge is 0.382 e. The van der Waals surface area contributed by atoms with Crippen LogP contribution in [-0.4, -0.2) is 193 Å². The number of aryl methyl sites for hydroxylation is 4. The van der Waals surface area contributed by atoms with E-state index in [0.717, 1.165) is 0 Å². The van der Waals surface area contributed by atoms with Crippen LogP contribution in [0, 0.1) is 63.2 Å². The van der Waals surface area contributed by atoms with Crippen LogP contribution in [0.1, 0.15) is 165 Å². The lowest BCUT2D eigenvalue weighted by molar-refractivity contribution is -0.216. The summed E-state index contributed by atoms with van der Waals surface area (Å²) in [5.41, 5.74) is 7.00. The molecule has 0 aliphatic carbocycles. The number of carbonyl (C=O) groups excluding carboxylic acids is 9. The van der Waals surface area contributed by atoms with E-state index in [9.17, 15) is 92.9 Å². The number of likely N-dealkylation sites (tertiary alicyclic amines) is 3. The molecule has 11 atom stereocenters. The third-order valence-electron chi connectivity index (χ3n) is 16.4. The van der Waals surface area contributed by atoms with Gasteiger partial charge in [-0.05, 0) is 102 Å². The Morgan fingerprint density at radius 3 is 1.01 bits per heavy atom. The van der Waals surface area contributed by atoms with Gasteiger partial charge in [0.05, 0.1) is 35.6 Å². The largest absolute Gasteiger partial charge is 0.452 e. The Labute approximate surface area is 546 Å². The normalized spacial score (nSPS) is 19.5. The van der Waals surface area contributed by atoms with E-state index in [0.29, 0.717) is 49.4 Å². The van der Waals surface area contributed by atoms with Crippen LogP contribution in [0.4, 0.5) is 39.5 Å². The fraction of sp³-hybridized carbons (Fsp3) is 0.750.